The van der Waals surface area contributed by atoms with E-state index in [1.54, 1.807) is 7.11 Å². The van der Waals surface area contributed by atoms with Crippen LogP contribution in [0.5, 0.6) is 5.75 Å². The lowest BCUT2D eigenvalue weighted by molar-refractivity contribution is -0.126. The van der Waals surface area contributed by atoms with Crippen molar-refractivity contribution in [3.05, 3.63) is 30.0 Å². The number of methoxy groups -OCH3 is 1. The van der Waals surface area contributed by atoms with E-state index >= 15 is 0 Å². The molecule has 3 heterocycles. The number of carbonyl (C=O) groups excluding carboxylic acids is 2. The van der Waals surface area contributed by atoms with E-state index in [-0.39, 0.29) is 17.7 Å². The Morgan fingerprint density at radius 2 is 1.85 bits per heavy atom. The highest BCUT2D eigenvalue weighted by atomic mass is 16.5. The molecule has 0 spiro atoms. The third-order valence-electron chi connectivity index (χ3n) is 7.63. The lowest BCUT2D eigenvalue weighted by Gasteiger charge is -2.34. The van der Waals surface area contributed by atoms with Gasteiger partial charge in [0.2, 0.25) is 5.91 Å². The minimum absolute atomic E-state index is 0.0233. The van der Waals surface area contributed by atoms with E-state index in [1.165, 1.54) is 25.9 Å². The van der Waals surface area contributed by atoms with E-state index in [9.17, 15) is 9.59 Å². The summed E-state index contributed by atoms with van der Waals surface area (Å²) in [6.45, 7) is 8.79. The molecule has 2 amide bonds. The zero-order valence-corrected chi connectivity index (χ0v) is 20.2. The molecule has 2 atom stereocenters. The van der Waals surface area contributed by atoms with Crippen molar-refractivity contribution in [3.63, 3.8) is 0 Å². The molecule has 1 aromatic carbocycles. The van der Waals surface area contributed by atoms with Crippen LogP contribution in [-0.4, -0.2) is 72.5 Å². The van der Waals surface area contributed by atoms with Crippen LogP contribution in [0.4, 0.5) is 0 Å². The predicted molar refractivity (Wildman–Crippen MR) is 131 cm³/mol. The largest absolute Gasteiger partial charge is 0.497 e. The van der Waals surface area contributed by atoms with Crippen molar-refractivity contribution in [2.75, 3.05) is 39.8 Å². The van der Waals surface area contributed by atoms with Gasteiger partial charge in [-0.05, 0) is 76.2 Å². The van der Waals surface area contributed by atoms with Crippen molar-refractivity contribution < 1.29 is 14.3 Å². The van der Waals surface area contributed by atoms with Crippen LogP contribution in [-0.2, 0) is 4.79 Å². The molecule has 2 aliphatic rings. The van der Waals surface area contributed by atoms with Crippen LogP contribution < -0.4 is 10.1 Å². The highest BCUT2D eigenvalue weighted by molar-refractivity contribution is 5.98. The molecule has 0 radical (unpaired) electrons. The van der Waals surface area contributed by atoms with Gasteiger partial charge in [-0.1, -0.05) is 6.92 Å². The molecular formula is C26H38N4O3. The van der Waals surface area contributed by atoms with E-state index < -0.39 is 0 Å². The Labute approximate surface area is 196 Å². The van der Waals surface area contributed by atoms with Crippen molar-refractivity contribution in [3.8, 4) is 5.75 Å². The molecule has 180 valence electrons. The Kier molecular flexibility index (Phi) is 7.58. The second kappa shape index (κ2) is 10.6. The first-order valence-electron chi connectivity index (χ1n) is 12.4. The van der Waals surface area contributed by atoms with Gasteiger partial charge >= 0.3 is 0 Å². The van der Waals surface area contributed by atoms with Gasteiger partial charge in [-0.2, -0.15) is 0 Å². The number of likely N-dealkylation sites (tertiary alicyclic amines) is 2. The molecule has 7 nitrogen and oxygen atoms in total. The summed E-state index contributed by atoms with van der Waals surface area (Å²) >= 11 is 0. The number of piperidine rings is 1. The fourth-order valence-electron chi connectivity index (χ4n) is 5.27. The fourth-order valence-corrected chi connectivity index (χ4v) is 5.27. The molecule has 2 N–H and O–H groups in total. The maximum Gasteiger partial charge on any atom is 0.270 e. The SMILES string of the molecule is COc1ccc2cc(C(=O)N3CCC(C(C)C(=O)NCCC(C)N4CCCC4)CC3)[nH]c2c1. The lowest BCUT2D eigenvalue weighted by Crippen LogP contribution is -2.43. The van der Waals surface area contributed by atoms with E-state index in [1.807, 2.05) is 36.1 Å². The van der Waals surface area contributed by atoms with Crippen molar-refractivity contribution in [1.82, 2.24) is 20.1 Å². The Morgan fingerprint density at radius 3 is 2.55 bits per heavy atom. The summed E-state index contributed by atoms with van der Waals surface area (Å²) in [4.78, 5) is 33.4. The molecule has 2 saturated heterocycles. The van der Waals surface area contributed by atoms with Crippen LogP contribution >= 0.6 is 0 Å². The number of benzene rings is 1. The second-order valence-electron chi connectivity index (χ2n) is 9.73. The molecule has 2 fully saturated rings. The normalized spacial score (nSPS) is 19.5. The molecule has 33 heavy (non-hydrogen) atoms. The molecule has 7 heteroatoms. The minimum Gasteiger partial charge on any atom is -0.497 e. The van der Waals surface area contributed by atoms with E-state index in [0.29, 0.717) is 30.7 Å². The molecule has 4 rings (SSSR count). The Morgan fingerprint density at radius 1 is 1.12 bits per heavy atom. The molecular weight excluding hydrogens is 416 g/mol. The van der Waals surface area contributed by atoms with E-state index in [0.717, 1.165) is 42.5 Å². The quantitative estimate of drug-likeness (QED) is 0.638. The van der Waals surface area contributed by atoms with Gasteiger partial charge in [-0.3, -0.25) is 9.59 Å². The fraction of sp³-hybridized carbons (Fsp3) is 0.615. The number of rotatable bonds is 8. The zero-order chi connectivity index (χ0) is 23.4. The number of aromatic nitrogens is 1. The molecule has 0 bridgehead atoms. The summed E-state index contributed by atoms with van der Waals surface area (Å²) in [6.07, 6.45) is 5.31. The van der Waals surface area contributed by atoms with Gasteiger partial charge in [0.15, 0.2) is 0 Å². The average Bonchev–Trinajstić information content (AvgIpc) is 3.52. The number of aromatic amines is 1. The Hall–Kier alpha value is -2.54. The van der Waals surface area contributed by atoms with Gasteiger partial charge in [0.1, 0.15) is 11.4 Å². The van der Waals surface area contributed by atoms with Crippen LogP contribution in [0.1, 0.15) is 56.4 Å². The zero-order valence-electron chi connectivity index (χ0n) is 20.2. The summed E-state index contributed by atoms with van der Waals surface area (Å²) in [6, 6.07) is 8.20. The second-order valence-corrected chi connectivity index (χ2v) is 9.73. The molecule has 0 aliphatic carbocycles. The topological polar surface area (TPSA) is 77.7 Å². The van der Waals surface area contributed by atoms with Crippen molar-refractivity contribution in [1.29, 1.82) is 0 Å². The van der Waals surface area contributed by atoms with Crippen LogP contribution in [0.25, 0.3) is 10.9 Å². The maximum absolute atomic E-state index is 13.0. The number of ether oxygens (including phenoxy) is 1. The Balaban J connectivity index is 1.23. The number of carbonyl (C=O) groups is 2. The van der Waals surface area contributed by atoms with E-state index in [2.05, 4.69) is 22.1 Å². The number of amides is 2. The van der Waals surface area contributed by atoms with Crippen LogP contribution in [0, 0.1) is 11.8 Å². The molecule has 2 aromatic rings. The monoisotopic (exact) mass is 454 g/mol. The van der Waals surface area contributed by atoms with Gasteiger partial charge in [-0.15, -0.1) is 0 Å². The van der Waals surface area contributed by atoms with Gasteiger partial charge in [0.25, 0.3) is 5.91 Å². The Bertz CT molecular complexity index is 958. The predicted octanol–water partition coefficient (Wildman–Crippen LogP) is 3.66. The highest BCUT2D eigenvalue weighted by Gasteiger charge is 2.30. The number of hydrogen-bond acceptors (Lipinski definition) is 4. The standard InChI is InChI=1S/C26H38N4O3/c1-18(29-12-4-5-13-29)8-11-27-25(31)19(2)20-9-14-30(15-10-20)26(32)24-16-21-6-7-22(33-3)17-23(21)28-24/h6-7,16-20,28H,4-5,8-15H2,1-3H3,(H,27,31). The van der Waals surface area contributed by atoms with Crippen LogP contribution in [0.2, 0.25) is 0 Å². The minimum atomic E-state index is -0.0233. The van der Waals surface area contributed by atoms with Crippen molar-refractivity contribution in [2.45, 2.75) is 52.0 Å². The summed E-state index contributed by atoms with van der Waals surface area (Å²) in [5, 5.41) is 4.16. The number of fused-ring (bicyclic) bond motifs is 1. The first-order valence-corrected chi connectivity index (χ1v) is 12.4. The number of hydrogen-bond donors (Lipinski definition) is 2. The molecule has 2 aliphatic heterocycles. The average molecular weight is 455 g/mol. The van der Waals surface area contributed by atoms with Crippen molar-refractivity contribution >= 4 is 22.7 Å². The highest BCUT2D eigenvalue weighted by Crippen LogP contribution is 2.27. The number of nitrogens with one attached hydrogen (secondary N) is 2. The number of nitrogens with zero attached hydrogens (tertiary/aromatic N) is 2. The van der Waals surface area contributed by atoms with Gasteiger partial charge in [0, 0.05) is 48.6 Å². The molecule has 2 unspecified atom stereocenters. The molecule has 1 aromatic heterocycles. The van der Waals surface area contributed by atoms with Crippen molar-refractivity contribution in [2.24, 2.45) is 11.8 Å². The van der Waals surface area contributed by atoms with Gasteiger partial charge in [-0.25, -0.2) is 0 Å². The third-order valence-corrected chi connectivity index (χ3v) is 7.63. The summed E-state index contributed by atoms with van der Waals surface area (Å²) < 4.78 is 5.27. The molecule has 0 saturated carbocycles. The third kappa shape index (κ3) is 5.52. The first kappa shape index (κ1) is 23.6. The smallest absolute Gasteiger partial charge is 0.270 e. The van der Waals surface area contributed by atoms with Gasteiger partial charge < -0.3 is 24.8 Å². The summed E-state index contributed by atoms with van der Waals surface area (Å²) in [7, 11) is 1.64. The van der Waals surface area contributed by atoms with Crippen LogP contribution in [0.15, 0.2) is 24.3 Å². The summed E-state index contributed by atoms with van der Waals surface area (Å²) in [5.41, 5.74) is 1.51. The van der Waals surface area contributed by atoms with Gasteiger partial charge in [0.05, 0.1) is 7.11 Å². The summed E-state index contributed by atoms with van der Waals surface area (Å²) in [5.74, 6) is 1.23. The lowest BCUT2D eigenvalue weighted by atomic mass is 9.84. The number of H-pyrrole nitrogens is 1. The van der Waals surface area contributed by atoms with E-state index in [4.69, 9.17) is 4.74 Å². The maximum atomic E-state index is 13.0. The first-order chi connectivity index (χ1) is 16.0. The van der Waals surface area contributed by atoms with Crippen LogP contribution in [0.3, 0.4) is 0 Å².